The molecule has 1 aromatic heterocycles. The van der Waals surface area contributed by atoms with Crippen LogP contribution in [-0.2, 0) is 0 Å². The fraction of sp³-hybridized carbons (Fsp3) is 0.250. The van der Waals surface area contributed by atoms with E-state index >= 15 is 0 Å². The second kappa shape index (κ2) is 6.81. The number of carbonyl (C=O) groups excluding carboxylic acids is 1. The zero-order chi connectivity index (χ0) is 17.2. The molecule has 0 unspecified atom stereocenters. The largest absolute Gasteiger partial charge is 0.490 e. The maximum absolute atomic E-state index is 12.7. The number of likely N-dealkylation sites (tertiary alicyclic amines) is 1. The molecular formula is C20H19ClN2O2. The Morgan fingerprint density at radius 3 is 2.60 bits per heavy atom. The molecule has 0 saturated carbocycles. The third-order valence-corrected chi connectivity index (χ3v) is 4.90. The zero-order valence-corrected chi connectivity index (χ0v) is 14.5. The highest BCUT2D eigenvalue weighted by atomic mass is 35.5. The van der Waals surface area contributed by atoms with Gasteiger partial charge in [-0.1, -0.05) is 17.7 Å². The summed E-state index contributed by atoms with van der Waals surface area (Å²) in [4.78, 5) is 17.8. The number of aromatic nitrogens is 1. The van der Waals surface area contributed by atoms with E-state index in [2.05, 4.69) is 4.98 Å². The summed E-state index contributed by atoms with van der Waals surface area (Å²) >= 11 is 5.89. The van der Waals surface area contributed by atoms with E-state index in [0.29, 0.717) is 18.1 Å². The molecule has 1 N–H and O–H groups in total. The third-order valence-electron chi connectivity index (χ3n) is 4.65. The number of amides is 1. The molecule has 1 aliphatic rings. The summed E-state index contributed by atoms with van der Waals surface area (Å²) in [6, 6.07) is 15.2. The minimum absolute atomic E-state index is 0.0847. The van der Waals surface area contributed by atoms with E-state index in [4.69, 9.17) is 16.3 Å². The fourth-order valence-corrected chi connectivity index (χ4v) is 3.37. The Morgan fingerprint density at radius 2 is 1.84 bits per heavy atom. The Hall–Kier alpha value is -2.46. The number of nitrogens with zero attached hydrogens (tertiary/aromatic N) is 1. The van der Waals surface area contributed by atoms with Gasteiger partial charge in [-0.2, -0.15) is 0 Å². The van der Waals surface area contributed by atoms with Crippen molar-refractivity contribution in [3.8, 4) is 5.75 Å². The lowest BCUT2D eigenvalue weighted by atomic mass is 10.1. The second-order valence-electron chi connectivity index (χ2n) is 6.34. The number of halogens is 1. The molecule has 1 saturated heterocycles. The van der Waals surface area contributed by atoms with Crippen LogP contribution in [0.15, 0.2) is 54.7 Å². The Balaban J connectivity index is 1.37. The molecule has 25 heavy (non-hydrogen) atoms. The molecule has 4 nitrogen and oxygen atoms in total. The van der Waals surface area contributed by atoms with Gasteiger partial charge in [0.25, 0.3) is 5.91 Å². The molecule has 0 radical (unpaired) electrons. The van der Waals surface area contributed by atoms with Crippen molar-refractivity contribution in [2.45, 2.75) is 18.9 Å². The second-order valence-corrected chi connectivity index (χ2v) is 6.78. The number of rotatable bonds is 3. The molecule has 2 heterocycles. The average molecular weight is 355 g/mol. The number of piperidine rings is 1. The van der Waals surface area contributed by atoms with E-state index in [-0.39, 0.29) is 12.0 Å². The van der Waals surface area contributed by atoms with Crippen molar-refractivity contribution in [1.29, 1.82) is 0 Å². The first-order chi connectivity index (χ1) is 12.2. The van der Waals surface area contributed by atoms with Gasteiger partial charge in [0.2, 0.25) is 0 Å². The van der Waals surface area contributed by atoms with Crippen LogP contribution in [0.3, 0.4) is 0 Å². The van der Waals surface area contributed by atoms with Crippen LogP contribution in [0.1, 0.15) is 23.2 Å². The number of aromatic amines is 1. The summed E-state index contributed by atoms with van der Waals surface area (Å²) in [6.45, 7) is 1.42. The van der Waals surface area contributed by atoms with Gasteiger partial charge in [-0.25, -0.2) is 0 Å². The fourth-order valence-electron chi connectivity index (χ4n) is 3.25. The molecule has 0 aliphatic carbocycles. The van der Waals surface area contributed by atoms with Crippen molar-refractivity contribution in [1.82, 2.24) is 9.88 Å². The van der Waals surface area contributed by atoms with Crippen molar-refractivity contribution < 1.29 is 9.53 Å². The van der Waals surface area contributed by atoms with Gasteiger partial charge in [-0.05, 0) is 47.9 Å². The Bertz CT molecular complexity index is 880. The highest BCUT2D eigenvalue weighted by Crippen LogP contribution is 2.22. The van der Waals surface area contributed by atoms with Gasteiger partial charge < -0.3 is 14.6 Å². The van der Waals surface area contributed by atoms with Gasteiger partial charge in [-0.3, -0.25) is 4.79 Å². The van der Waals surface area contributed by atoms with Crippen molar-refractivity contribution in [3.63, 3.8) is 0 Å². The number of hydrogen-bond donors (Lipinski definition) is 1. The number of benzene rings is 2. The van der Waals surface area contributed by atoms with Crippen LogP contribution < -0.4 is 4.74 Å². The van der Waals surface area contributed by atoms with Gasteiger partial charge in [0.15, 0.2) is 0 Å². The summed E-state index contributed by atoms with van der Waals surface area (Å²) in [5, 5.41) is 1.82. The van der Waals surface area contributed by atoms with Crippen LogP contribution in [0.5, 0.6) is 5.75 Å². The molecule has 0 atom stereocenters. The molecule has 128 valence electrons. The maximum Gasteiger partial charge on any atom is 0.253 e. The topological polar surface area (TPSA) is 45.3 Å². The first-order valence-corrected chi connectivity index (χ1v) is 8.85. The number of nitrogens with one attached hydrogen (secondary N) is 1. The minimum atomic E-state index is 0.0847. The Kier molecular flexibility index (Phi) is 4.36. The molecule has 3 aromatic rings. The zero-order valence-electron chi connectivity index (χ0n) is 13.7. The van der Waals surface area contributed by atoms with Gasteiger partial charge in [0.1, 0.15) is 11.9 Å². The van der Waals surface area contributed by atoms with E-state index < -0.39 is 0 Å². The number of carbonyl (C=O) groups is 1. The van der Waals surface area contributed by atoms with Crippen LogP contribution in [0.25, 0.3) is 10.9 Å². The predicted molar refractivity (Wildman–Crippen MR) is 99.3 cm³/mol. The molecule has 0 bridgehead atoms. The molecule has 1 amide bonds. The van der Waals surface area contributed by atoms with Crippen molar-refractivity contribution in [2.75, 3.05) is 13.1 Å². The molecule has 2 aromatic carbocycles. The number of ether oxygens (including phenoxy) is 1. The van der Waals surface area contributed by atoms with Gasteiger partial charge in [0, 0.05) is 48.2 Å². The molecule has 4 rings (SSSR count). The molecule has 1 fully saturated rings. The van der Waals surface area contributed by atoms with Gasteiger partial charge in [0.05, 0.1) is 0 Å². The SMILES string of the molecule is O=C(c1ccc2cc[nH]c2c1)N1CCC(Oc2ccc(Cl)cc2)CC1. The summed E-state index contributed by atoms with van der Waals surface area (Å²) in [5.74, 6) is 0.910. The summed E-state index contributed by atoms with van der Waals surface area (Å²) in [5.41, 5.74) is 1.72. The predicted octanol–water partition coefficient (Wildman–Crippen LogP) is 4.50. The lowest BCUT2D eigenvalue weighted by molar-refractivity contribution is 0.0595. The third kappa shape index (κ3) is 3.49. The number of hydrogen-bond acceptors (Lipinski definition) is 2. The Labute approximate surface area is 151 Å². The highest BCUT2D eigenvalue weighted by Gasteiger charge is 2.24. The van der Waals surface area contributed by atoms with E-state index in [9.17, 15) is 4.79 Å². The van der Waals surface area contributed by atoms with E-state index in [1.807, 2.05) is 59.6 Å². The lowest BCUT2D eigenvalue weighted by Gasteiger charge is -2.32. The normalized spacial score (nSPS) is 15.5. The van der Waals surface area contributed by atoms with E-state index in [1.54, 1.807) is 0 Å². The molecular weight excluding hydrogens is 336 g/mol. The average Bonchev–Trinajstić information content (AvgIpc) is 3.11. The molecule has 5 heteroatoms. The summed E-state index contributed by atoms with van der Waals surface area (Å²) in [6.07, 6.45) is 3.69. The van der Waals surface area contributed by atoms with Crippen LogP contribution >= 0.6 is 11.6 Å². The number of fused-ring (bicyclic) bond motifs is 1. The van der Waals surface area contributed by atoms with Crippen LogP contribution in [0, 0.1) is 0 Å². The van der Waals surface area contributed by atoms with Crippen LogP contribution in [0.2, 0.25) is 5.02 Å². The first-order valence-electron chi connectivity index (χ1n) is 8.48. The lowest BCUT2D eigenvalue weighted by Crippen LogP contribution is -2.41. The van der Waals surface area contributed by atoms with Gasteiger partial charge in [-0.15, -0.1) is 0 Å². The minimum Gasteiger partial charge on any atom is -0.490 e. The van der Waals surface area contributed by atoms with Crippen LogP contribution in [-0.4, -0.2) is 35.0 Å². The standard InChI is InChI=1S/C20H19ClN2O2/c21-16-3-5-17(6-4-16)25-18-8-11-23(12-9-18)20(24)15-2-1-14-7-10-22-19(14)13-15/h1-7,10,13,18,22H,8-9,11-12H2. The quantitative estimate of drug-likeness (QED) is 0.752. The number of H-pyrrole nitrogens is 1. The Morgan fingerprint density at radius 1 is 1.08 bits per heavy atom. The van der Waals surface area contributed by atoms with E-state index in [0.717, 1.165) is 35.1 Å². The monoisotopic (exact) mass is 354 g/mol. The summed E-state index contributed by atoms with van der Waals surface area (Å²) in [7, 11) is 0. The molecule has 1 aliphatic heterocycles. The van der Waals surface area contributed by atoms with Crippen molar-refractivity contribution in [2.24, 2.45) is 0 Å². The van der Waals surface area contributed by atoms with Crippen molar-refractivity contribution >= 4 is 28.4 Å². The van der Waals surface area contributed by atoms with Gasteiger partial charge >= 0.3 is 0 Å². The highest BCUT2D eigenvalue weighted by molar-refractivity contribution is 6.30. The van der Waals surface area contributed by atoms with Crippen LogP contribution in [0.4, 0.5) is 0 Å². The van der Waals surface area contributed by atoms with Crippen molar-refractivity contribution in [3.05, 3.63) is 65.3 Å². The maximum atomic E-state index is 12.7. The summed E-state index contributed by atoms with van der Waals surface area (Å²) < 4.78 is 5.99. The first kappa shape index (κ1) is 16.0. The molecule has 0 spiro atoms. The van der Waals surface area contributed by atoms with E-state index in [1.165, 1.54) is 0 Å². The smallest absolute Gasteiger partial charge is 0.253 e.